The average Bonchev–Trinajstić information content (AvgIpc) is 3.07. The van der Waals surface area contributed by atoms with Crippen LogP contribution in [-0.2, 0) is 4.79 Å². The third-order valence-corrected chi connectivity index (χ3v) is 2.80. The zero-order valence-corrected chi connectivity index (χ0v) is 9.98. The lowest BCUT2D eigenvalue weighted by molar-refractivity contribution is -0.117. The SMILES string of the molecule is CCCCC(N)C(=O)Nc1nnc(C2CC2)o1. The van der Waals surface area contributed by atoms with Crippen LogP contribution in [0.15, 0.2) is 4.42 Å². The summed E-state index contributed by atoms with van der Waals surface area (Å²) in [6.45, 7) is 2.06. The van der Waals surface area contributed by atoms with E-state index < -0.39 is 6.04 Å². The van der Waals surface area contributed by atoms with Gasteiger partial charge in [-0.1, -0.05) is 24.9 Å². The Hall–Kier alpha value is -1.43. The van der Waals surface area contributed by atoms with Crippen LogP contribution in [0.3, 0.4) is 0 Å². The number of amides is 1. The third kappa shape index (κ3) is 3.26. The Morgan fingerprint density at radius 3 is 3.00 bits per heavy atom. The minimum Gasteiger partial charge on any atom is -0.408 e. The van der Waals surface area contributed by atoms with Gasteiger partial charge in [0.05, 0.1) is 6.04 Å². The molecule has 1 aliphatic rings. The van der Waals surface area contributed by atoms with Gasteiger partial charge < -0.3 is 10.2 Å². The molecule has 1 aromatic heterocycles. The van der Waals surface area contributed by atoms with Gasteiger partial charge in [-0.3, -0.25) is 10.1 Å². The first-order chi connectivity index (χ1) is 8.20. The highest BCUT2D eigenvalue weighted by Gasteiger charge is 2.29. The summed E-state index contributed by atoms with van der Waals surface area (Å²) in [6.07, 6.45) is 4.81. The molecule has 1 saturated carbocycles. The lowest BCUT2D eigenvalue weighted by Gasteiger charge is -2.08. The third-order valence-electron chi connectivity index (χ3n) is 2.80. The normalized spacial score (nSPS) is 16.8. The molecule has 1 heterocycles. The summed E-state index contributed by atoms with van der Waals surface area (Å²) in [5.41, 5.74) is 5.73. The van der Waals surface area contributed by atoms with Gasteiger partial charge in [-0.05, 0) is 19.3 Å². The summed E-state index contributed by atoms with van der Waals surface area (Å²) in [4.78, 5) is 11.6. The molecule has 1 aliphatic carbocycles. The zero-order valence-electron chi connectivity index (χ0n) is 9.98. The number of carbonyl (C=O) groups excluding carboxylic acids is 1. The predicted octanol–water partition coefficient (Wildman–Crippen LogP) is 1.40. The molecular weight excluding hydrogens is 220 g/mol. The van der Waals surface area contributed by atoms with Crippen molar-refractivity contribution in [3.63, 3.8) is 0 Å². The molecule has 6 heteroatoms. The van der Waals surface area contributed by atoms with Crippen molar-refractivity contribution < 1.29 is 9.21 Å². The van der Waals surface area contributed by atoms with Crippen LogP contribution in [0.5, 0.6) is 0 Å². The van der Waals surface area contributed by atoms with Gasteiger partial charge in [0.15, 0.2) is 0 Å². The lowest BCUT2D eigenvalue weighted by atomic mass is 10.1. The first-order valence-electron chi connectivity index (χ1n) is 6.10. The number of nitrogens with zero attached hydrogens (tertiary/aromatic N) is 2. The average molecular weight is 238 g/mol. The van der Waals surface area contributed by atoms with E-state index in [0.29, 0.717) is 18.2 Å². The van der Waals surface area contributed by atoms with E-state index in [1.165, 1.54) is 0 Å². The summed E-state index contributed by atoms with van der Waals surface area (Å²) in [5, 5.41) is 10.2. The molecule has 0 bridgehead atoms. The fourth-order valence-electron chi connectivity index (χ4n) is 1.53. The largest absolute Gasteiger partial charge is 0.408 e. The fraction of sp³-hybridized carbons (Fsp3) is 0.727. The molecule has 1 amide bonds. The van der Waals surface area contributed by atoms with Crippen LogP contribution in [0.2, 0.25) is 0 Å². The lowest BCUT2D eigenvalue weighted by Crippen LogP contribution is -2.35. The van der Waals surface area contributed by atoms with E-state index in [4.69, 9.17) is 10.2 Å². The topological polar surface area (TPSA) is 94.0 Å². The molecule has 17 heavy (non-hydrogen) atoms. The highest BCUT2D eigenvalue weighted by molar-refractivity contribution is 5.92. The number of anilines is 1. The second-order valence-corrected chi connectivity index (χ2v) is 4.46. The van der Waals surface area contributed by atoms with Gasteiger partial charge in [-0.25, -0.2) is 0 Å². The van der Waals surface area contributed by atoms with E-state index in [2.05, 4.69) is 22.4 Å². The van der Waals surface area contributed by atoms with E-state index >= 15 is 0 Å². The maximum Gasteiger partial charge on any atom is 0.322 e. The molecule has 0 radical (unpaired) electrons. The van der Waals surface area contributed by atoms with E-state index in [1.807, 2.05) is 0 Å². The van der Waals surface area contributed by atoms with Gasteiger partial charge in [0, 0.05) is 5.92 Å². The minimum absolute atomic E-state index is 0.156. The summed E-state index contributed by atoms with van der Waals surface area (Å²) < 4.78 is 5.32. The van der Waals surface area contributed by atoms with Crippen molar-refractivity contribution in [1.82, 2.24) is 10.2 Å². The van der Waals surface area contributed by atoms with Crippen molar-refractivity contribution in [2.45, 2.75) is 51.0 Å². The molecule has 0 saturated heterocycles. The molecule has 1 unspecified atom stereocenters. The van der Waals surface area contributed by atoms with Crippen molar-refractivity contribution in [1.29, 1.82) is 0 Å². The Morgan fingerprint density at radius 1 is 1.59 bits per heavy atom. The number of hydrogen-bond acceptors (Lipinski definition) is 5. The van der Waals surface area contributed by atoms with E-state index in [-0.39, 0.29) is 11.9 Å². The van der Waals surface area contributed by atoms with Gasteiger partial charge in [-0.15, -0.1) is 5.10 Å². The van der Waals surface area contributed by atoms with Crippen LogP contribution < -0.4 is 11.1 Å². The molecule has 1 atom stereocenters. The number of rotatable bonds is 6. The van der Waals surface area contributed by atoms with Gasteiger partial charge in [-0.2, -0.15) is 0 Å². The van der Waals surface area contributed by atoms with Crippen molar-refractivity contribution in [2.24, 2.45) is 5.73 Å². The molecule has 3 N–H and O–H groups in total. The van der Waals surface area contributed by atoms with Crippen molar-refractivity contribution in [3.8, 4) is 0 Å². The maximum atomic E-state index is 11.6. The Bertz CT molecular complexity index is 387. The summed E-state index contributed by atoms with van der Waals surface area (Å²) in [7, 11) is 0. The van der Waals surface area contributed by atoms with Gasteiger partial charge >= 0.3 is 6.01 Å². The number of carbonyl (C=O) groups is 1. The number of nitrogens with one attached hydrogen (secondary N) is 1. The van der Waals surface area contributed by atoms with Crippen LogP contribution in [0, 0.1) is 0 Å². The molecule has 0 aliphatic heterocycles. The van der Waals surface area contributed by atoms with E-state index in [0.717, 1.165) is 25.7 Å². The van der Waals surface area contributed by atoms with Crippen LogP contribution in [0.1, 0.15) is 50.8 Å². The minimum atomic E-state index is -0.508. The molecule has 0 aromatic carbocycles. The molecule has 1 fully saturated rings. The standard InChI is InChI=1S/C11H18N4O2/c1-2-3-4-8(12)9(16)13-11-15-14-10(17-11)7-5-6-7/h7-8H,2-6,12H2,1H3,(H,13,15,16). The monoisotopic (exact) mass is 238 g/mol. The van der Waals surface area contributed by atoms with Crippen LogP contribution in [0.25, 0.3) is 0 Å². The van der Waals surface area contributed by atoms with Crippen LogP contribution >= 0.6 is 0 Å². The molecule has 0 spiro atoms. The Labute approximate surface area is 100.0 Å². The number of nitrogens with two attached hydrogens (primary N) is 1. The molecule has 1 aromatic rings. The summed E-state index contributed by atoms with van der Waals surface area (Å²) in [5.74, 6) is 0.744. The van der Waals surface area contributed by atoms with Crippen molar-refractivity contribution in [3.05, 3.63) is 5.89 Å². The number of aromatic nitrogens is 2. The van der Waals surface area contributed by atoms with Gasteiger partial charge in [0.2, 0.25) is 11.8 Å². The molecule has 2 rings (SSSR count). The second kappa shape index (κ2) is 5.27. The molecule has 6 nitrogen and oxygen atoms in total. The predicted molar refractivity (Wildman–Crippen MR) is 62.4 cm³/mol. The zero-order chi connectivity index (χ0) is 12.3. The van der Waals surface area contributed by atoms with E-state index in [1.54, 1.807) is 0 Å². The summed E-state index contributed by atoms with van der Waals surface area (Å²) >= 11 is 0. The van der Waals surface area contributed by atoms with Gasteiger partial charge in [0.1, 0.15) is 0 Å². The Morgan fingerprint density at radius 2 is 2.35 bits per heavy atom. The first-order valence-corrected chi connectivity index (χ1v) is 6.10. The fourth-order valence-corrected chi connectivity index (χ4v) is 1.53. The van der Waals surface area contributed by atoms with Crippen molar-refractivity contribution >= 4 is 11.9 Å². The highest BCUT2D eigenvalue weighted by Crippen LogP contribution is 2.39. The highest BCUT2D eigenvalue weighted by atomic mass is 16.4. The Kier molecular flexibility index (Phi) is 3.73. The van der Waals surface area contributed by atoms with Gasteiger partial charge in [0.25, 0.3) is 0 Å². The Balaban J connectivity index is 1.83. The maximum absolute atomic E-state index is 11.6. The summed E-state index contributed by atoms with van der Waals surface area (Å²) in [6, 6.07) is -0.352. The van der Waals surface area contributed by atoms with E-state index in [9.17, 15) is 4.79 Å². The molecule has 94 valence electrons. The number of unbranched alkanes of at least 4 members (excludes halogenated alkanes) is 1. The van der Waals surface area contributed by atoms with Crippen molar-refractivity contribution in [2.75, 3.05) is 5.32 Å². The van der Waals surface area contributed by atoms with Crippen LogP contribution in [-0.4, -0.2) is 22.1 Å². The number of hydrogen-bond donors (Lipinski definition) is 2. The first kappa shape index (κ1) is 12.0. The quantitative estimate of drug-likeness (QED) is 0.781. The smallest absolute Gasteiger partial charge is 0.322 e. The van der Waals surface area contributed by atoms with Crippen LogP contribution in [0.4, 0.5) is 6.01 Å². The molecular formula is C11H18N4O2. The second-order valence-electron chi connectivity index (χ2n) is 4.46.